The Morgan fingerprint density at radius 2 is 2.00 bits per heavy atom. The van der Waals surface area contributed by atoms with Crippen molar-refractivity contribution in [2.75, 3.05) is 0 Å². The molecule has 0 fully saturated rings. The Balaban J connectivity index is 3.90. The summed E-state index contributed by atoms with van der Waals surface area (Å²) in [5, 5.41) is 0. The maximum atomic E-state index is 3.31. The molecule has 10 heavy (non-hydrogen) atoms. The van der Waals surface area contributed by atoms with Gasteiger partial charge in [-0.25, -0.2) is 0 Å². The van der Waals surface area contributed by atoms with Crippen molar-refractivity contribution in [3.05, 3.63) is 17.4 Å². The zero-order chi connectivity index (χ0) is 7.82. The lowest BCUT2D eigenvalue weighted by Crippen LogP contribution is -1.76. The molecule has 0 radical (unpaired) electrons. The second kappa shape index (κ2) is 6.64. The van der Waals surface area contributed by atoms with Crippen LogP contribution in [-0.2, 0) is 0 Å². The lowest BCUT2D eigenvalue weighted by Gasteiger charge is -1.95. The highest BCUT2D eigenvalue weighted by Gasteiger charge is 1.87. The van der Waals surface area contributed by atoms with Crippen LogP contribution in [-0.4, -0.2) is 0 Å². The van der Waals surface area contributed by atoms with Gasteiger partial charge in [0.1, 0.15) is 0 Å². The van der Waals surface area contributed by atoms with Crippen LogP contribution >= 0.6 is 0 Å². The summed E-state index contributed by atoms with van der Waals surface area (Å²) in [4.78, 5) is 0. The van der Waals surface area contributed by atoms with E-state index in [0.29, 0.717) is 0 Å². The van der Waals surface area contributed by atoms with Crippen LogP contribution < -0.4 is 0 Å². The van der Waals surface area contributed by atoms with Crippen LogP contribution in [0.1, 0.15) is 46.5 Å². The van der Waals surface area contributed by atoms with Gasteiger partial charge in [-0.15, -0.1) is 5.73 Å². The van der Waals surface area contributed by atoms with Gasteiger partial charge in [0.25, 0.3) is 0 Å². The van der Waals surface area contributed by atoms with Crippen LogP contribution in [0.5, 0.6) is 0 Å². The first-order valence-corrected chi connectivity index (χ1v) is 4.28. The zero-order valence-corrected chi connectivity index (χ0v) is 7.41. The highest BCUT2D eigenvalue weighted by molar-refractivity contribution is 5.00. The summed E-state index contributed by atoms with van der Waals surface area (Å²) in [6, 6.07) is 0. The Morgan fingerprint density at radius 3 is 2.40 bits per heavy atom. The van der Waals surface area contributed by atoms with Gasteiger partial charge in [0.2, 0.25) is 0 Å². The molecule has 0 nitrogen and oxygen atoms in total. The Kier molecular flexibility index (Phi) is 6.32. The van der Waals surface area contributed by atoms with Gasteiger partial charge < -0.3 is 0 Å². The molecule has 58 valence electrons. The van der Waals surface area contributed by atoms with Gasteiger partial charge in [0, 0.05) is 0 Å². The molecule has 0 aliphatic carbocycles. The summed E-state index contributed by atoms with van der Waals surface area (Å²) in [5.74, 6) is 0. The number of hydrogen-bond acceptors (Lipinski definition) is 0. The molecule has 0 aromatic heterocycles. The molecular weight excluding hydrogens is 120 g/mol. The third-order valence-corrected chi connectivity index (χ3v) is 1.49. The Hall–Kier alpha value is -0.480. The number of rotatable bonds is 4. The summed E-state index contributed by atoms with van der Waals surface area (Å²) in [6.45, 7) is 6.55. The van der Waals surface area contributed by atoms with E-state index in [-0.39, 0.29) is 0 Å². The van der Waals surface area contributed by atoms with Crippen molar-refractivity contribution >= 4 is 0 Å². The van der Waals surface area contributed by atoms with Crippen LogP contribution in [0.15, 0.2) is 17.4 Å². The standard InChI is InChI=1S/C10H18/c1-4-7-9-10(6-3)8-5-2/h7H,4-6,8H2,1-3H3. The van der Waals surface area contributed by atoms with E-state index in [1.807, 2.05) is 0 Å². The van der Waals surface area contributed by atoms with E-state index < -0.39 is 0 Å². The van der Waals surface area contributed by atoms with Crippen molar-refractivity contribution < 1.29 is 0 Å². The summed E-state index contributed by atoms with van der Waals surface area (Å²) < 4.78 is 0. The quantitative estimate of drug-likeness (QED) is 0.520. The van der Waals surface area contributed by atoms with Crippen molar-refractivity contribution in [2.45, 2.75) is 46.5 Å². The lowest BCUT2D eigenvalue weighted by atomic mass is 10.1. The molecule has 0 bridgehead atoms. The molecule has 0 atom stereocenters. The highest BCUT2D eigenvalue weighted by Crippen LogP contribution is 2.06. The molecule has 0 saturated heterocycles. The normalized spacial score (nSPS) is 8.70. The minimum absolute atomic E-state index is 1.10. The van der Waals surface area contributed by atoms with Gasteiger partial charge in [-0.1, -0.05) is 27.2 Å². The largest absolute Gasteiger partial charge is 0.126 e. The summed E-state index contributed by atoms with van der Waals surface area (Å²) in [6.07, 6.45) is 6.84. The van der Waals surface area contributed by atoms with Gasteiger partial charge in [0.05, 0.1) is 0 Å². The van der Waals surface area contributed by atoms with Gasteiger partial charge in [-0.2, -0.15) is 0 Å². The molecular formula is C10H18. The first-order valence-electron chi connectivity index (χ1n) is 4.28. The second-order valence-electron chi connectivity index (χ2n) is 2.46. The average Bonchev–Trinajstić information content (AvgIpc) is 1.98. The van der Waals surface area contributed by atoms with Gasteiger partial charge in [-0.05, 0) is 30.9 Å². The zero-order valence-electron chi connectivity index (χ0n) is 7.41. The molecule has 0 heteroatoms. The Morgan fingerprint density at radius 1 is 1.30 bits per heavy atom. The molecule has 0 spiro atoms. The van der Waals surface area contributed by atoms with Gasteiger partial charge in [0.15, 0.2) is 0 Å². The van der Waals surface area contributed by atoms with Crippen LogP contribution in [0, 0.1) is 0 Å². The molecule has 0 aromatic carbocycles. The van der Waals surface area contributed by atoms with Crippen LogP contribution in [0.3, 0.4) is 0 Å². The summed E-state index contributed by atoms with van der Waals surface area (Å²) in [5.41, 5.74) is 4.77. The van der Waals surface area contributed by atoms with E-state index in [4.69, 9.17) is 0 Å². The minimum atomic E-state index is 1.10. The third-order valence-electron chi connectivity index (χ3n) is 1.49. The topological polar surface area (TPSA) is 0 Å². The summed E-state index contributed by atoms with van der Waals surface area (Å²) in [7, 11) is 0. The van der Waals surface area contributed by atoms with Crippen molar-refractivity contribution in [3.8, 4) is 0 Å². The SMILES string of the molecule is CCC=C=C(CC)CCC. The van der Waals surface area contributed by atoms with E-state index in [2.05, 4.69) is 32.6 Å². The van der Waals surface area contributed by atoms with E-state index in [1.165, 1.54) is 18.4 Å². The lowest BCUT2D eigenvalue weighted by molar-refractivity contribution is 0.860. The van der Waals surface area contributed by atoms with E-state index in [0.717, 1.165) is 12.8 Å². The molecule has 0 saturated carbocycles. The molecule has 0 heterocycles. The molecule has 0 aliphatic heterocycles. The van der Waals surface area contributed by atoms with Crippen LogP contribution in [0.4, 0.5) is 0 Å². The van der Waals surface area contributed by atoms with Crippen molar-refractivity contribution in [2.24, 2.45) is 0 Å². The van der Waals surface area contributed by atoms with Crippen LogP contribution in [0.25, 0.3) is 0 Å². The smallest absolute Gasteiger partial charge is 0.0247 e. The highest BCUT2D eigenvalue weighted by atomic mass is 13.9. The average molecular weight is 138 g/mol. The van der Waals surface area contributed by atoms with Crippen LogP contribution in [0.2, 0.25) is 0 Å². The predicted molar refractivity (Wildman–Crippen MR) is 47.1 cm³/mol. The van der Waals surface area contributed by atoms with E-state index >= 15 is 0 Å². The maximum absolute atomic E-state index is 3.31. The molecule has 0 unspecified atom stereocenters. The molecule has 0 aliphatic rings. The third kappa shape index (κ3) is 4.40. The monoisotopic (exact) mass is 138 g/mol. The first kappa shape index (κ1) is 9.52. The van der Waals surface area contributed by atoms with Gasteiger partial charge >= 0.3 is 0 Å². The first-order chi connectivity index (χ1) is 4.85. The molecule has 0 N–H and O–H groups in total. The van der Waals surface area contributed by atoms with Crippen molar-refractivity contribution in [3.63, 3.8) is 0 Å². The minimum Gasteiger partial charge on any atom is -0.126 e. The molecule has 0 rings (SSSR count). The molecule has 0 amide bonds. The summed E-state index contributed by atoms with van der Waals surface area (Å²) >= 11 is 0. The van der Waals surface area contributed by atoms with Gasteiger partial charge in [-0.3, -0.25) is 0 Å². The Bertz CT molecular complexity index is 125. The Labute approximate surface area is 64.6 Å². The fourth-order valence-electron chi connectivity index (χ4n) is 0.899. The second-order valence-corrected chi connectivity index (χ2v) is 2.46. The number of allylic oxidation sites excluding steroid dienone is 1. The predicted octanol–water partition coefficient (Wildman–Crippen LogP) is 3.69. The van der Waals surface area contributed by atoms with Crippen molar-refractivity contribution in [1.29, 1.82) is 0 Å². The fraction of sp³-hybridized carbons (Fsp3) is 0.700. The number of hydrogen-bond donors (Lipinski definition) is 0. The van der Waals surface area contributed by atoms with E-state index in [9.17, 15) is 0 Å². The van der Waals surface area contributed by atoms with E-state index in [1.54, 1.807) is 0 Å². The van der Waals surface area contributed by atoms with Crippen molar-refractivity contribution in [1.82, 2.24) is 0 Å². The maximum Gasteiger partial charge on any atom is -0.0247 e. The fourth-order valence-corrected chi connectivity index (χ4v) is 0.899. The molecule has 0 aromatic rings.